The van der Waals surface area contributed by atoms with Crippen LogP contribution in [0.15, 0.2) is 52.3 Å². The van der Waals surface area contributed by atoms with Gasteiger partial charge in [-0.25, -0.2) is 4.79 Å². The smallest absolute Gasteiger partial charge is 0.332 e. The van der Waals surface area contributed by atoms with Gasteiger partial charge in [-0.3, -0.25) is 14.3 Å². The molecule has 6 heteroatoms. The van der Waals surface area contributed by atoms with Crippen molar-refractivity contribution in [1.82, 2.24) is 19.4 Å². The van der Waals surface area contributed by atoms with Gasteiger partial charge in [-0.15, -0.1) is 0 Å². The first-order valence-corrected chi connectivity index (χ1v) is 7.86. The second-order valence-corrected chi connectivity index (χ2v) is 5.93. The molecule has 0 unspecified atom stereocenters. The van der Waals surface area contributed by atoms with Crippen LogP contribution in [0.3, 0.4) is 0 Å². The molecule has 1 aliphatic rings. The summed E-state index contributed by atoms with van der Waals surface area (Å²) in [6.07, 6.45) is 5.85. The summed E-state index contributed by atoms with van der Waals surface area (Å²) in [6.45, 7) is 2.06. The van der Waals surface area contributed by atoms with Crippen molar-refractivity contribution >= 4 is 10.9 Å². The average Bonchev–Trinajstić information content (AvgIpc) is 2.99. The Morgan fingerprint density at radius 1 is 1.00 bits per heavy atom. The number of piperidine rings is 1. The summed E-state index contributed by atoms with van der Waals surface area (Å²) in [5.74, 6) is 0. The molecule has 1 aromatic carbocycles. The monoisotopic (exact) mass is 310 g/mol. The molecule has 4 rings (SSSR count). The van der Waals surface area contributed by atoms with E-state index in [1.807, 2.05) is 18.2 Å². The molecule has 2 N–H and O–H groups in total. The fourth-order valence-corrected chi connectivity index (χ4v) is 3.31. The van der Waals surface area contributed by atoms with E-state index >= 15 is 0 Å². The predicted molar refractivity (Wildman–Crippen MR) is 89.3 cm³/mol. The number of aromatic nitrogens is 3. The van der Waals surface area contributed by atoms with Crippen LogP contribution in [0.25, 0.3) is 16.6 Å². The van der Waals surface area contributed by atoms with E-state index in [1.54, 1.807) is 0 Å². The Morgan fingerprint density at radius 2 is 1.83 bits per heavy atom. The number of nitrogens with one attached hydrogen (secondary N) is 2. The standard InChI is InChI=1S/C17H18N4O2/c22-16-6-10-21(17(23)19-16)14-2-1-12-5-9-20(15(12)11-14)13-3-7-18-8-4-13/h1-2,5-6,9-11,13,18H,3-4,7-8H2,(H,19,22,23). The SMILES string of the molecule is O=c1ccn(-c2ccc3ccn(C4CCNCC4)c3c2)c(=O)[nH]1. The van der Waals surface area contributed by atoms with Crippen LogP contribution in [0.5, 0.6) is 0 Å². The molecule has 1 saturated heterocycles. The van der Waals surface area contributed by atoms with Gasteiger partial charge in [0, 0.05) is 24.5 Å². The summed E-state index contributed by atoms with van der Waals surface area (Å²) in [6, 6.07) is 9.87. The van der Waals surface area contributed by atoms with E-state index < -0.39 is 5.69 Å². The van der Waals surface area contributed by atoms with Gasteiger partial charge in [0.25, 0.3) is 5.56 Å². The number of nitrogens with zero attached hydrogens (tertiary/aromatic N) is 2. The molecule has 1 aliphatic heterocycles. The van der Waals surface area contributed by atoms with Crippen LogP contribution in [-0.4, -0.2) is 27.2 Å². The van der Waals surface area contributed by atoms with Gasteiger partial charge in [0.2, 0.25) is 0 Å². The van der Waals surface area contributed by atoms with Crippen molar-refractivity contribution in [2.24, 2.45) is 0 Å². The van der Waals surface area contributed by atoms with Crippen molar-refractivity contribution in [1.29, 1.82) is 0 Å². The summed E-state index contributed by atoms with van der Waals surface area (Å²) in [4.78, 5) is 25.5. The number of hydrogen-bond acceptors (Lipinski definition) is 3. The second-order valence-electron chi connectivity index (χ2n) is 5.93. The number of fused-ring (bicyclic) bond motifs is 1. The summed E-state index contributed by atoms with van der Waals surface area (Å²) in [7, 11) is 0. The quantitative estimate of drug-likeness (QED) is 0.751. The zero-order chi connectivity index (χ0) is 15.8. The highest BCUT2D eigenvalue weighted by atomic mass is 16.2. The van der Waals surface area contributed by atoms with Gasteiger partial charge in [0.1, 0.15) is 0 Å². The van der Waals surface area contributed by atoms with E-state index in [2.05, 4.69) is 27.1 Å². The lowest BCUT2D eigenvalue weighted by Gasteiger charge is -2.25. The highest BCUT2D eigenvalue weighted by Crippen LogP contribution is 2.27. The largest absolute Gasteiger partial charge is 0.344 e. The van der Waals surface area contributed by atoms with Crippen LogP contribution < -0.4 is 16.6 Å². The molecule has 118 valence electrons. The lowest BCUT2D eigenvalue weighted by Crippen LogP contribution is -2.29. The fraction of sp³-hybridized carbons (Fsp3) is 0.294. The molecule has 3 heterocycles. The third kappa shape index (κ3) is 2.51. The number of rotatable bonds is 2. The summed E-state index contributed by atoms with van der Waals surface area (Å²) >= 11 is 0. The van der Waals surface area contributed by atoms with Crippen LogP contribution >= 0.6 is 0 Å². The van der Waals surface area contributed by atoms with Crippen molar-refractivity contribution in [3.63, 3.8) is 0 Å². The molecule has 1 fully saturated rings. The number of hydrogen-bond donors (Lipinski definition) is 2. The summed E-state index contributed by atoms with van der Waals surface area (Å²) < 4.78 is 3.76. The Kier molecular flexibility index (Phi) is 3.38. The fourth-order valence-electron chi connectivity index (χ4n) is 3.31. The first-order chi connectivity index (χ1) is 11.2. The molecular weight excluding hydrogens is 292 g/mol. The zero-order valence-electron chi connectivity index (χ0n) is 12.7. The minimum Gasteiger partial charge on any atom is -0.344 e. The van der Waals surface area contributed by atoms with Gasteiger partial charge in [-0.2, -0.15) is 0 Å². The van der Waals surface area contributed by atoms with E-state index in [0.717, 1.165) is 42.5 Å². The molecule has 6 nitrogen and oxygen atoms in total. The topological polar surface area (TPSA) is 71.8 Å². The highest BCUT2D eigenvalue weighted by Gasteiger charge is 2.16. The van der Waals surface area contributed by atoms with Gasteiger partial charge < -0.3 is 9.88 Å². The minimum absolute atomic E-state index is 0.384. The van der Waals surface area contributed by atoms with Gasteiger partial charge in [-0.1, -0.05) is 6.07 Å². The maximum absolute atomic E-state index is 12.0. The Bertz CT molecular complexity index is 960. The molecule has 0 radical (unpaired) electrons. The molecule has 0 spiro atoms. The van der Waals surface area contributed by atoms with Crippen molar-refractivity contribution in [3.05, 3.63) is 63.6 Å². The first kappa shape index (κ1) is 14.0. The Hall–Kier alpha value is -2.60. The molecule has 0 aliphatic carbocycles. The highest BCUT2D eigenvalue weighted by molar-refractivity contribution is 5.82. The van der Waals surface area contributed by atoms with Crippen LogP contribution in [0.1, 0.15) is 18.9 Å². The average molecular weight is 310 g/mol. The van der Waals surface area contributed by atoms with Crippen molar-refractivity contribution in [2.75, 3.05) is 13.1 Å². The molecule has 2 aromatic heterocycles. The van der Waals surface area contributed by atoms with Crippen LogP contribution in [0.4, 0.5) is 0 Å². The van der Waals surface area contributed by atoms with Crippen LogP contribution in [-0.2, 0) is 0 Å². The van der Waals surface area contributed by atoms with Crippen molar-refractivity contribution in [2.45, 2.75) is 18.9 Å². The van der Waals surface area contributed by atoms with E-state index in [1.165, 1.54) is 16.8 Å². The van der Waals surface area contributed by atoms with E-state index in [0.29, 0.717) is 6.04 Å². The Balaban J connectivity index is 1.83. The molecule has 23 heavy (non-hydrogen) atoms. The third-order valence-corrected chi connectivity index (χ3v) is 4.51. The molecule has 0 atom stereocenters. The van der Waals surface area contributed by atoms with E-state index in [9.17, 15) is 9.59 Å². The zero-order valence-corrected chi connectivity index (χ0v) is 12.7. The van der Waals surface area contributed by atoms with Gasteiger partial charge >= 0.3 is 5.69 Å². The number of H-pyrrole nitrogens is 1. The molecule has 0 saturated carbocycles. The molecule has 3 aromatic rings. The summed E-state index contributed by atoms with van der Waals surface area (Å²) in [5.41, 5.74) is 1.07. The lowest BCUT2D eigenvalue weighted by molar-refractivity contribution is 0.376. The van der Waals surface area contributed by atoms with Crippen LogP contribution in [0, 0.1) is 0 Å². The number of benzene rings is 1. The number of aromatic amines is 1. The maximum Gasteiger partial charge on any atom is 0.332 e. The molecule has 0 amide bonds. The van der Waals surface area contributed by atoms with Gasteiger partial charge in [0.05, 0.1) is 11.2 Å². The first-order valence-electron chi connectivity index (χ1n) is 7.86. The normalized spacial score (nSPS) is 16.0. The summed E-state index contributed by atoms with van der Waals surface area (Å²) in [5, 5.41) is 4.54. The van der Waals surface area contributed by atoms with Crippen molar-refractivity contribution in [3.8, 4) is 5.69 Å². The van der Waals surface area contributed by atoms with E-state index in [-0.39, 0.29) is 5.56 Å². The third-order valence-electron chi connectivity index (χ3n) is 4.51. The van der Waals surface area contributed by atoms with Crippen LogP contribution in [0.2, 0.25) is 0 Å². The lowest BCUT2D eigenvalue weighted by atomic mass is 10.1. The van der Waals surface area contributed by atoms with E-state index in [4.69, 9.17) is 0 Å². The second kappa shape index (κ2) is 5.55. The molecule has 0 bridgehead atoms. The predicted octanol–water partition coefficient (Wildman–Crippen LogP) is 1.40. The Morgan fingerprint density at radius 3 is 2.61 bits per heavy atom. The molecular formula is C17H18N4O2. The van der Waals surface area contributed by atoms with Gasteiger partial charge in [-0.05, 0) is 49.5 Å². The minimum atomic E-state index is -0.420. The Labute approximate surface area is 132 Å². The van der Waals surface area contributed by atoms with Gasteiger partial charge in [0.15, 0.2) is 0 Å². The van der Waals surface area contributed by atoms with Crippen molar-refractivity contribution < 1.29 is 0 Å². The maximum atomic E-state index is 12.0.